The van der Waals surface area contributed by atoms with E-state index < -0.39 is 0 Å². The van der Waals surface area contributed by atoms with E-state index in [1.807, 2.05) is 6.20 Å². The molecule has 21 heavy (non-hydrogen) atoms. The first kappa shape index (κ1) is 13.8. The number of hydrogen-bond acceptors (Lipinski definition) is 4. The van der Waals surface area contributed by atoms with Crippen LogP contribution >= 0.6 is 0 Å². The first-order valence-corrected chi connectivity index (χ1v) is 7.56. The van der Waals surface area contributed by atoms with Crippen molar-refractivity contribution >= 4 is 16.6 Å². The van der Waals surface area contributed by atoms with Crippen LogP contribution in [0.4, 0.5) is 5.82 Å². The average molecular weight is 280 g/mol. The molecule has 2 aromatic rings. The summed E-state index contributed by atoms with van der Waals surface area (Å²) >= 11 is 0. The van der Waals surface area contributed by atoms with Crippen LogP contribution in [-0.4, -0.2) is 42.6 Å². The van der Waals surface area contributed by atoms with Gasteiger partial charge in [0, 0.05) is 44.2 Å². The predicted octanol–water partition coefficient (Wildman–Crippen LogP) is 2.66. The summed E-state index contributed by atoms with van der Waals surface area (Å²) in [5.74, 6) is 1.10. The standard InChI is InChI=1S/C17H20N4/c18-8-3-4-10-20-11-13-21(14-12-20)17-16-6-2-1-5-15(16)7-9-19-17/h1-2,5-7,9H,3-4,10-14H2. The van der Waals surface area contributed by atoms with Crippen molar-refractivity contribution in [1.29, 1.82) is 5.26 Å². The van der Waals surface area contributed by atoms with E-state index in [1.165, 1.54) is 10.8 Å². The summed E-state index contributed by atoms with van der Waals surface area (Å²) in [6.45, 7) is 5.15. The average Bonchev–Trinajstić information content (AvgIpc) is 2.55. The molecule has 108 valence electrons. The largest absolute Gasteiger partial charge is 0.354 e. The minimum atomic E-state index is 0.658. The van der Waals surface area contributed by atoms with E-state index in [0.29, 0.717) is 6.42 Å². The van der Waals surface area contributed by atoms with Crippen LogP contribution in [0.2, 0.25) is 0 Å². The molecule has 0 amide bonds. The Kier molecular flexibility index (Phi) is 4.32. The number of nitrogens with zero attached hydrogens (tertiary/aromatic N) is 4. The molecule has 1 fully saturated rings. The topological polar surface area (TPSA) is 43.2 Å². The molecule has 0 spiro atoms. The molecule has 1 aliphatic heterocycles. The molecular weight excluding hydrogens is 260 g/mol. The van der Waals surface area contributed by atoms with Crippen LogP contribution in [0.15, 0.2) is 36.5 Å². The smallest absolute Gasteiger partial charge is 0.136 e. The molecule has 1 aromatic heterocycles. The van der Waals surface area contributed by atoms with Crippen LogP contribution in [-0.2, 0) is 0 Å². The minimum Gasteiger partial charge on any atom is -0.354 e. The van der Waals surface area contributed by atoms with Gasteiger partial charge >= 0.3 is 0 Å². The number of hydrogen-bond donors (Lipinski definition) is 0. The number of anilines is 1. The highest BCUT2D eigenvalue weighted by molar-refractivity contribution is 5.92. The second kappa shape index (κ2) is 6.55. The third-order valence-electron chi connectivity index (χ3n) is 4.09. The number of benzene rings is 1. The fourth-order valence-corrected chi connectivity index (χ4v) is 2.92. The van der Waals surface area contributed by atoms with Gasteiger partial charge in [0.05, 0.1) is 6.07 Å². The van der Waals surface area contributed by atoms with Gasteiger partial charge in [-0.3, -0.25) is 4.90 Å². The van der Waals surface area contributed by atoms with Gasteiger partial charge in [-0.15, -0.1) is 0 Å². The van der Waals surface area contributed by atoms with Gasteiger partial charge in [0.15, 0.2) is 0 Å². The van der Waals surface area contributed by atoms with E-state index in [2.05, 4.69) is 51.2 Å². The van der Waals surface area contributed by atoms with Crippen LogP contribution < -0.4 is 4.90 Å². The molecular formula is C17H20N4. The normalized spacial score (nSPS) is 16.0. The Morgan fingerprint density at radius 3 is 2.71 bits per heavy atom. The molecule has 0 aliphatic carbocycles. The zero-order chi connectivity index (χ0) is 14.5. The van der Waals surface area contributed by atoms with Crippen molar-refractivity contribution in [3.8, 4) is 6.07 Å². The first-order valence-electron chi connectivity index (χ1n) is 7.56. The maximum Gasteiger partial charge on any atom is 0.136 e. The molecule has 4 heteroatoms. The number of rotatable bonds is 4. The van der Waals surface area contributed by atoms with Crippen molar-refractivity contribution in [3.05, 3.63) is 36.5 Å². The maximum atomic E-state index is 8.60. The summed E-state index contributed by atoms with van der Waals surface area (Å²) in [5, 5.41) is 11.1. The molecule has 0 radical (unpaired) electrons. The Bertz CT molecular complexity index is 633. The van der Waals surface area contributed by atoms with Crippen molar-refractivity contribution in [1.82, 2.24) is 9.88 Å². The lowest BCUT2D eigenvalue weighted by molar-refractivity contribution is 0.255. The fourth-order valence-electron chi connectivity index (χ4n) is 2.92. The predicted molar refractivity (Wildman–Crippen MR) is 85.2 cm³/mol. The third kappa shape index (κ3) is 3.14. The van der Waals surface area contributed by atoms with E-state index in [1.54, 1.807) is 0 Å². The lowest BCUT2D eigenvalue weighted by Crippen LogP contribution is -2.47. The van der Waals surface area contributed by atoms with E-state index in [4.69, 9.17) is 5.26 Å². The van der Waals surface area contributed by atoms with Crippen molar-refractivity contribution in [2.45, 2.75) is 12.8 Å². The quantitative estimate of drug-likeness (QED) is 0.808. The number of nitriles is 1. The van der Waals surface area contributed by atoms with Gasteiger partial charge in [0.2, 0.25) is 0 Å². The summed E-state index contributed by atoms with van der Waals surface area (Å²) < 4.78 is 0. The molecule has 0 saturated carbocycles. The number of piperazine rings is 1. The number of pyridine rings is 1. The summed E-state index contributed by atoms with van der Waals surface area (Å²) in [7, 11) is 0. The second-order valence-corrected chi connectivity index (χ2v) is 5.45. The van der Waals surface area contributed by atoms with Crippen LogP contribution in [0.1, 0.15) is 12.8 Å². The Hall–Kier alpha value is -2.12. The molecule has 0 bridgehead atoms. The Morgan fingerprint density at radius 2 is 1.90 bits per heavy atom. The van der Waals surface area contributed by atoms with Crippen molar-refractivity contribution in [2.75, 3.05) is 37.6 Å². The van der Waals surface area contributed by atoms with Gasteiger partial charge in [0.1, 0.15) is 5.82 Å². The SMILES string of the molecule is N#CCCCN1CCN(c2nccc3ccccc23)CC1. The fraction of sp³-hybridized carbons (Fsp3) is 0.412. The zero-order valence-corrected chi connectivity index (χ0v) is 12.2. The van der Waals surface area contributed by atoms with Crippen LogP contribution in [0.5, 0.6) is 0 Å². The highest BCUT2D eigenvalue weighted by atomic mass is 15.3. The van der Waals surface area contributed by atoms with Gasteiger partial charge in [-0.25, -0.2) is 4.98 Å². The molecule has 4 nitrogen and oxygen atoms in total. The summed E-state index contributed by atoms with van der Waals surface area (Å²) in [4.78, 5) is 9.42. The van der Waals surface area contributed by atoms with E-state index in [-0.39, 0.29) is 0 Å². The van der Waals surface area contributed by atoms with Crippen molar-refractivity contribution < 1.29 is 0 Å². The lowest BCUT2D eigenvalue weighted by Gasteiger charge is -2.35. The molecule has 1 aromatic carbocycles. The highest BCUT2D eigenvalue weighted by Gasteiger charge is 2.18. The van der Waals surface area contributed by atoms with Gasteiger partial charge in [-0.2, -0.15) is 5.26 Å². The summed E-state index contributed by atoms with van der Waals surface area (Å²) in [6, 6.07) is 12.7. The van der Waals surface area contributed by atoms with Crippen molar-refractivity contribution in [2.24, 2.45) is 0 Å². The van der Waals surface area contributed by atoms with Gasteiger partial charge in [-0.05, 0) is 24.4 Å². The molecule has 1 saturated heterocycles. The molecule has 2 heterocycles. The van der Waals surface area contributed by atoms with Crippen LogP contribution in [0.3, 0.4) is 0 Å². The number of fused-ring (bicyclic) bond motifs is 1. The first-order chi connectivity index (χ1) is 10.4. The van der Waals surface area contributed by atoms with Crippen LogP contribution in [0, 0.1) is 11.3 Å². The molecule has 3 rings (SSSR count). The lowest BCUT2D eigenvalue weighted by atomic mass is 10.1. The van der Waals surface area contributed by atoms with Gasteiger partial charge in [-0.1, -0.05) is 24.3 Å². The highest BCUT2D eigenvalue weighted by Crippen LogP contribution is 2.24. The summed E-state index contributed by atoms with van der Waals surface area (Å²) in [6.07, 6.45) is 3.53. The summed E-state index contributed by atoms with van der Waals surface area (Å²) in [5.41, 5.74) is 0. The Balaban J connectivity index is 1.67. The minimum absolute atomic E-state index is 0.658. The van der Waals surface area contributed by atoms with Gasteiger partial charge < -0.3 is 4.90 Å². The molecule has 0 atom stereocenters. The Labute approximate surface area is 125 Å². The third-order valence-corrected chi connectivity index (χ3v) is 4.09. The van der Waals surface area contributed by atoms with E-state index >= 15 is 0 Å². The molecule has 0 N–H and O–H groups in total. The van der Waals surface area contributed by atoms with Crippen LogP contribution in [0.25, 0.3) is 10.8 Å². The van der Waals surface area contributed by atoms with E-state index in [9.17, 15) is 0 Å². The van der Waals surface area contributed by atoms with Crippen molar-refractivity contribution in [3.63, 3.8) is 0 Å². The zero-order valence-electron chi connectivity index (χ0n) is 12.2. The van der Waals surface area contributed by atoms with E-state index in [0.717, 1.165) is 45.0 Å². The van der Waals surface area contributed by atoms with Gasteiger partial charge in [0.25, 0.3) is 0 Å². The second-order valence-electron chi connectivity index (χ2n) is 5.45. The maximum absolute atomic E-state index is 8.60. The molecule has 0 unspecified atom stereocenters. The number of unbranched alkanes of at least 4 members (excludes halogenated alkanes) is 1. The molecule has 1 aliphatic rings. The number of aromatic nitrogens is 1. The Morgan fingerprint density at radius 1 is 1.10 bits per heavy atom. The monoisotopic (exact) mass is 280 g/mol.